The van der Waals surface area contributed by atoms with Crippen LogP contribution in [0, 0.1) is 0 Å². The third-order valence-corrected chi connectivity index (χ3v) is 3.88. The normalized spacial score (nSPS) is 14.7. The van der Waals surface area contributed by atoms with Crippen LogP contribution in [0.4, 0.5) is 5.82 Å². The van der Waals surface area contributed by atoms with Crippen molar-refractivity contribution in [3.63, 3.8) is 0 Å². The smallest absolute Gasteiger partial charge is 0.129 e. The summed E-state index contributed by atoms with van der Waals surface area (Å²) < 4.78 is 5.26. The van der Waals surface area contributed by atoms with Crippen LogP contribution in [0.3, 0.4) is 0 Å². The fourth-order valence-electron chi connectivity index (χ4n) is 2.47. The minimum Gasteiger partial charge on any atom is -0.383 e. The Bertz CT molecular complexity index is 444. The van der Waals surface area contributed by atoms with Crippen molar-refractivity contribution in [1.29, 1.82) is 0 Å². The minimum absolute atomic E-state index is 0.453. The maximum Gasteiger partial charge on any atom is 0.129 e. The van der Waals surface area contributed by atoms with Gasteiger partial charge in [-0.15, -0.1) is 0 Å². The molecule has 0 atom stereocenters. The van der Waals surface area contributed by atoms with E-state index in [-0.39, 0.29) is 0 Å². The molecule has 1 heterocycles. The molecule has 1 saturated carbocycles. The lowest BCUT2D eigenvalue weighted by Gasteiger charge is -2.25. The predicted octanol–water partition coefficient (Wildman–Crippen LogP) is 2.93. The van der Waals surface area contributed by atoms with Crippen molar-refractivity contribution in [1.82, 2.24) is 10.3 Å². The van der Waals surface area contributed by atoms with Crippen LogP contribution in [0.2, 0.25) is 0 Å². The molecule has 1 aromatic heterocycles. The van der Waals surface area contributed by atoms with Gasteiger partial charge in [-0.3, -0.25) is 0 Å². The Morgan fingerprint density at radius 3 is 2.71 bits per heavy atom. The molecule has 0 aliphatic heterocycles. The van der Waals surface area contributed by atoms with Crippen molar-refractivity contribution < 1.29 is 4.74 Å². The second-order valence-corrected chi connectivity index (χ2v) is 6.11. The summed E-state index contributed by atoms with van der Waals surface area (Å²) in [5, 5.41) is 3.41. The number of hydrogen-bond donors (Lipinski definition) is 1. The Kier molecular flexibility index (Phi) is 6.00. The Hall–Kier alpha value is -1.13. The van der Waals surface area contributed by atoms with E-state index < -0.39 is 0 Å². The van der Waals surface area contributed by atoms with Gasteiger partial charge in [0.15, 0.2) is 0 Å². The molecule has 1 aliphatic rings. The predicted molar refractivity (Wildman–Crippen MR) is 88.0 cm³/mol. The van der Waals surface area contributed by atoms with E-state index in [1.165, 1.54) is 24.1 Å². The molecule has 2 rings (SSSR count). The van der Waals surface area contributed by atoms with Gasteiger partial charge >= 0.3 is 0 Å². The van der Waals surface area contributed by atoms with Gasteiger partial charge in [0.2, 0.25) is 0 Å². The molecule has 0 unspecified atom stereocenters. The molecule has 0 aromatic carbocycles. The summed E-state index contributed by atoms with van der Waals surface area (Å²) >= 11 is 0. The first-order valence-corrected chi connectivity index (χ1v) is 8.12. The average molecular weight is 291 g/mol. The fourth-order valence-corrected chi connectivity index (χ4v) is 2.47. The number of methoxy groups -OCH3 is 1. The van der Waals surface area contributed by atoms with E-state index >= 15 is 0 Å². The zero-order chi connectivity index (χ0) is 15.2. The lowest BCUT2D eigenvalue weighted by atomic mass is 10.1. The number of pyridine rings is 1. The Balaban J connectivity index is 2.23. The topological polar surface area (TPSA) is 37.4 Å². The van der Waals surface area contributed by atoms with Crippen LogP contribution < -0.4 is 10.2 Å². The lowest BCUT2D eigenvalue weighted by molar-refractivity contribution is 0.204. The van der Waals surface area contributed by atoms with Gasteiger partial charge in [-0.2, -0.15) is 0 Å². The third-order valence-electron chi connectivity index (χ3n) is 3.88. The van der Waals surface area contributed by atoms with Gasteiger partial charge in [0.05, 0.1) is 6.61 Å². The number of anilines is 1. The average Bonchev–Trinajstić information content (AvgIpc) is 3.30. The van der Waals surface area contributed by atoms with E-state index in [2.05, 4.69) is 43.1 Å². The van der Waals surface area contributed by atoms with Crippen LogP contribution in [-0.2, 0) is 11.3 Å². The zero-order valence-corrected chi connectivity index (χ0v) is 13.9. The van der Waals surface area contributed by atoms with Crippen LogP contribution >= 0.6 is 0 Å². The van der Waals surface area contributed by atoms with Gasteiger partial charge in [-0.05, 0) is 43.0 Å². The fraction of sp³-hybridized carbons (Fsp3) is 0.706. The maximum atomic E-state index is 5.26. The Labute approximate surface area is 128 Å². The van der Waals surface area contributed by atoms with E-state index in [1.807, 2.05) is 0 Å². The van der Waals surface area contributed by atoms with E-state index in [0.717, 1.165) is 32.1 Å². The van der Waals surface area contributed by atoms with E-state index in [4.69, 9.17) is 9.72 Å². The van der Waals surface area contributed by atoms with Crippen LogP contribution in [-0.4, -0.2) is 37.8 Å². The molecule has 0 bridgehead atoms. The molecule has 1 aromatic rings. The van der Waals surface area contributed by atoms with Crippen LogP contribution in [0.15, 0.2) is 12.1 Å². The first-order valence-electron chi connectivity index (χ1n) is 8.12. The summed E-state index contributed by atoms with van der Waals surface area (Å²) in [7, 11) is 1.76. The highest BCUT2D eigenvalue weighted by molar-refractivity contribution is 5.45. The van der Waals surface area contributed by atoms with Crippen molar-refractivity contribution in [3.05, 3.63) is 23.4 Å². The van der Waals surface area contributed by atoms with Crippen molar-refractivity contribution >= 4 is 5.82 Å². The maximum absolute atomic E-state index is 5.26. The van der Waals surface area contributed by atoms with Crippen LogP contribution in [0.1, 0.15) is 50.8 Å². The Morgan fingerprint density at radius 1 is 1.38 bits per heavy atom. The van der Waals surface area contributed by atoms with E-state index in [9.17, 15) is 0 Å². The molecule has 0 spiro atoms. The number of nitrogens with zero attached hydrogens (tertiary/aromatic N) is 2. The van der Waals surface area contributed by atoms with Gasteiger partial charge in [0, 0.05) is 31.9 Å². The highest BCUT2D eigenvalue weighted by atomic mass is 16.5. The molecule has 1 fully saturated rings. The highest BCUT2D eigenvalue weighted by Crippen LogP contribution is 2.31. The molecule has 118 valence electrons. The van der Waals surface area contributed by atoms with E-state index in [0.29, 0.717) is 12.0 Å². The summed E-state index contributed by atoms with van der Waals surface area (Å²) in [6.07, 6.45) is 2.56. The highest BCUT2D eigenvalue weighted by Gasteiger charge is 2.30. The molecule has 0 saturated heterocycles. The lowest BCUT2D eigenvalue weighted by Crippen LogP contribution is -2.30. The summed E-state index contributed by atoms with van der Waals surface area (Å²) in [5.74, 6) is 1.57. The number of aromatic nitrogens is 1. The molecule has 1 aliphatic carbocycles. The quantitative estimate of drug-likeness (QED) is 0.759. The summed E-state index contributed by atoms with van der Waals surface area (Å²) in [5.41, 5.74) is 2.51. The first kappa shape index (κ1) is 16.2. The van der Waals surface area contributed by atoms with Gasteiger partial charge in [0.1, 0.15) is 5.82 Å². The van der Waals surface area contributed by atoms with Crippen molar-refractivity contribution in [3.8, 4) is 0 Å². The van der Waals surface area contributed by atoms with E-state index in [1.54, 1.807) is 7.11 Å². The molecular weight excluding hydrogens is 262 g/mol. The first-order chi connectivity index (χ1) is 10.2. The molecule has 1 N–H and O–H groups in total. The Morgan fingerprint density at radius 2 is 2.14 bits per heavy atom. The second-order valence-electron chi connectivity index (χ2n) is 6.11. The minimum atomic E-state index is 0.453. The number of hydrogen-bond acceptors (Lipinski definition) is 4. The van der Waals surface area contributed by atoms with Gasteiger partial charge in [-0.1, -0.05) is 20.8 Å². The summed E-state index contributed by atoms with van der Waals surface area (Å²) in [6.45, 7) is 10.1. The number of rotatable bonds is 9. The molecule has 21 heavy (non-hydrogen) atoms. The standard InChI is InChI=1S/C17H29N3O/c1-5-18-12-14-10-16(13(2)3)19-17(11-14)20(8-9-21-4)15-6-7-15/h10-11,13,15,18H,5-9,12H2,1-4H3. The van der Waals surface area contributed by atoms with Crippen molar-refractivity contribution in [2.75, 3.05) is 31.7 Å². The second kappa shape index (κ2) is 7.76. The van der Waals surface area contributed by atoms with Crippen molar-refractivity contribution in [2.45, 2.75) is 52.1 Å². The number of nitrogens with one attached hydrogen (secondary N) is 1. The summed E-state index contributed by atoms with van der Waals surface area (Å²) in [4.78, 5) is 7.32. The van der Waals surface area contributed by atoms with Gasteiger partial charge in [0.25, 0.3) is 0 Å². The molecule has 4 heteroatoms. The zero-order valence-electron chi connectivity index (χ0n) is 13.9. The molecular formula is C17H29N3O. The van der Waals surface area contributed by atoms with Crippen LogP contribution in [0.5, 0.6) is 0 Å². The largest absolute Gasteiger partial charge is 0.383 e. The summed E-state index contributed by atoms with van der Waals surface area (Å²) in [6, 6.07) is 5.13. The molecule has 4 nitrogen and oxygen atoms in total. The van der Waals surface area contributed by atoms with Crippen molar-refractivity contribution in [2.24, 2.45) is 0 Å². The number of ether oxygens (including phenoxy) is 1. The van der Waals surface area contributed by atoms with Gasteiger partial charge in [-0.25, -0.2) is 4.98 Å². The SMILES string of the molecule is CCNCc1cc(C(C)C)nc(N(CCOC)C2CC2)c1. The third kappa shape index (κ3) is 4.68. The molecule has 0 radical (unpaired) electrons. The monoisotopic (exact) mass is 291 g/mol. The van der Waals surface area contributed by atoms with Crippen LogP contribution in [0.25, 0.3) is 0 Å². The van der Waals surface area contributed by atoms with Gasteiger partial charge < -0.3 is 15.0 Å². The molecule has 0 amide bonds.